The maximum Gasteiger partial charge on any atom is 0.326 e. The maximum absolute atomic E-state index is 12.5. The first-order valence-electron chi connectivity index (χ1n) is 6.37. The molecule has 1 unspecified atom stereocenters. The summed E-state index contributed by atoms with van der Waals surface area (Å²) in [7, 11) is 0. The Balaban J connectivity index is 2.14. The van der Waals surface area contributed by atoms with Crippen LogP contribution < -0.4 is 5.32 Å². The number of aliphatic hydroxyl groups excluding tert-OH is 1. The summed E-state index contributed by atoms with van der Waals surface area (Å²) in [5, 5.41) is 21.9. The molecule has 2 rings (SSSR count). The molecule has 1 amide bonds. The summed E-state index contributed by atoms with van der Waals surface area (Å²) in [5.41, 5.74) is -0.546. The predicted molar refractivity (Wildman–Crippen MR) is 64.0 cm³/mol. The van der Waals surface area contributed by atoms with Gasteiger partial charge in [0.05, 0.1) is 11.5 Å². The van der Waals surface area contributed by atoms with Gasteiger partial charge in [0, 0.05) is 19.5 Å². The maximum atomic E-state index is 12.5. The Kier molecular flexibility index (Phi) is 3.59. The lowest BCUT2D eigenvalue weighted by Gasteiger charge is -2.37. The van der Waals surface area contributed by atoms with Gasteiger partial charge in [-0.3, -0.25) is 4.79 Å². The number of carbonyl (C=O) groups excluding carboxylic acids is 1. The third kappa shape index (κ3) is 2.35. The van der Waals surface area contributed by atoms with Crippen LogP contribution in [0.3, 0.4) is 0 Å². The number of β-amino-alcohol motifs (C(OH)–C–C–N with tert-alkyl or cyclic N) is 1. The molecule has 0 aliphatic carbocycles. The van der Waals surface area contributed by atoms with Crippen LogP contribution in [0.2, 0.25) is 0 Å². The van der Waals surface area contributed by atoms with Gasteiger partial charge < -0.3 is 20.4 Å². The van der Waals surface area contributed by atoms with Crippen molar-refractivity contribution in [3.05, 3.63) is 0 Å². The Morgan fingerprint density at radius 2 is 2.17 bits per heavy atom. The van der Waals surface area contributed by atoms with Gasteiger partial charge in [0.2, 0.25) is 5.91 Å². The highest BCUT2D eigenvalue weighted by molar-refractivity contribution is 5.88. The zero-order chi connectivity index (χ0) is 13.3. The summed E-state index contributed by atoms with van der Waals surface area (Å²) in [6, 6.07) is -0.883. The molecular weight excluding hydrogens is 236 g/mol. The Hall–Kier alpha value is -1.14. The first-order valence-corrected chi connectivity index (χ1v) is 6.37. The second-order valence-electron chi connectivity index (χ2n) is 5.54. The van der Waals surface area contributed by atoms with E-state index < -0.39 is 23.5 Å². The second kappa shape index (κ2) is 4.85. The van der Waals surface area contributed by atoms with Crippen molar-refractivity contribution < 1.29 is 19.8 Å². The van der Waals surface area contributed by atoms with Crippen LogP contribution in [0.4, 0.5) is 0 Å². The molecule has 0 bridgehead atoms. The number of carbonyl (C=O) groups is 2. The van der Waals surface area contributed by atoms with Gasteiger partial charge in [-0.05, 0) is 26.3 Å². The van der Waals surface area contributed by atoms with Gasteiger partial charge in [-0.1, -0.05) is 0 Å². The minimum atomic E-state index is -1.03. The molecule has 18 heavy (non-hydrogen) atoms. The molecule has 3 N–H and O–H groups in total. The van der Waals surface area contributed by atoms with Gasteiger partial charge in [-0.25, -0.2) is 4.79 Å². The highest BCUT2D eigenvalue weighted by atomic mass is 16.4. The lowest BCUT2D eigenvalue weighted by molar-refractivity contribution is -0.153. The van der Waals surface area contributed by atoms with Crippen LogP contribution in [0.5, 0.6) is 0 Å². The lowest BCUT2D eigenvalue weighted by atomic mass is 9.81. The fourth-order valence-electron chi connectivity index (χ4n) is 2.86. The van der Waals surface area contributed by atoms with Gasteiger partial charge in [0.25, 0.3) is 0 Å². The predicted octanol–water partition coefficient (Wildman–Crippen LogP) is -0.577. The quantitative estimate of drug-likeness (QED) is 0.615. The molecule has 0 aromatic heterocycles. The molecule has 2 fully saturated rings. The first kappa shape index (κ1) is 13.3. The van der Waals surface area contributed by atoms with Crippen molar-refractivity contribution in [3.8, 4) is 0 Å². The van der Waals surface area contributed by atoms with Gasteiger partial charge in [-0.2, -0.15) is 0 Å². The normalized spacial score (nSPS) is 36.7. The number of aliphatic hydroxyl groups is 1. The van der Waals surface area contributed by atoms with E-state index in [9.17, 15) is 14.7 Å². The van der Waals surface area contributed by atoms with Crippen molar-refractivity contribution >= 4 is 11.9 Å². The molecule has 2 aliphatic rings. The highest BCUT2D eigenvalue weighted by Crippen LogP contribution is 2.31. The molecule has 3 atom stereocenters. The van der Waals surface area contributed by atoms with Gasteiger partial charge >= 0.3 is 5.97 Å². The highest BCUT2D eigenvalue weighted by Gasteiger charge is 2.45. The molecule has 2 saturated heterocycles. The van der Waals surface area contributed by atoms with E-state index in [0.717, 1.165) is 19.4 Å². The minimum Gasteiger partial charge on any atom is -0.480 e. The van der Waals surface area contributed by atoms with E-state index in [2.05, 4.69) is 5.32 Å². The van der Waals surface area contributed by atoms with Crippen LogP contribution >= 0.6 is 0 Å². The molecular formula is C12H20N2O4. The fraction of sp³-hybridized carbons (Fsp3) is 0.833. The number of hydrogen-bond donors (Lipinski definition) is 3. The second-order valence-corrected chi connectivity index (χ2v) is 5.54. The van der Waals surface area contributed by atoms with Gasteiger partial charge in [0.15, 0.2) is 0 Å². The number of nitrogens with one attached hydrogen (secondary N) is 1. The van der Waals surface area contributed by atoms with Crippen molar-refractivity contribution in [1.29, 1.82) is 0 Å². The van der Waals surface area contributed by atoms with E-state index in [1.807, 2.05) is 6.92 Å². The average molecular weight is 256 g/mol. The smallest absolute Gasteiger partial charge is 0.326 e. The largest absolute Gasteiger partial charge is 0.480 e. The number of amides is 1. The molecule has 6 heteroatoms. The number of piperidine rings is 1. The van der Waals surface area contributed by atoms with Crippen molar-refractivity contribution in [2.24, 2.45) is 5.41 Å². The third-order valence-electron chi connectivity index (χ3n) is 3.94. The zero-order valence-electron chi connectivity index (χ0n) is 10.6. The van der Waals surface area contributed by atoms with E-state index >= 15 is 0 Å². The SMILES string of the molecule is CC1(C(=O)N2C[C@@H](O)C[C@H]2C(=O)O)CCCNC1. The molecule has 0 spiro atoms. The lowest BCUT2D eigenvalue weighted by Crippen LogP contribution is -2.53. The molecule has 2 aliphatic heterocycles. The van der Waals surface area contributed by atoms with Crippen molar-refractivity contribution in [2.75, 3.05) is 19.6 Å². The van der Waals surface area contributed by atoms with E-state index in [1.54, 1.807) is 0 Å². The number of hydrogen-bond acceptors (Lipinski definition) is 4. The Labute approximate surface area is 106 Å². The number of nitrogens with zero attached hydrogens (tertiary/aromatic N) is 1. The molecule has 0 aromatic rings. The number of aliphatic carboxylic acids is 1. The molecule has 0 aromatic carbocycles. The summed E-state index contributed by atoms with van der Waals surface area (Å²) >= 11 is 0. The molecule has 0 radical (unpaired) electrons. The minimum absolute atomic E-state index is 0.130. The van der Waals surface area contributed by atoms with Crippen molar-refractivity contribution in [3.63, 3.8) is 0 Å². The van der Waals surface area contributed by atoms with Gasteiger partial charge in [-0.15, -0.1) is 0 Å². The van der Waals surface area contributed by atoms with Crippen molar-refractivity contribution in [2.45, 2.75) is 38.3 Å². The van der Waals surface area contributed by atoms with Crippen LogP contribution in [0.15, 0.2) is 0 Å². The number of rotatable bonds is 2. The Bertz CT molecular complexity index is 352. The summed E-state index contributed by atoms with van der Waals surface area (Å²) in [6.45, 7) is 3.47. The van der Waals surface area contributed by atoms with E-state index in [4.69, 9.17) is 5.11 Å². The molecule has 0 saturated carbocycles. The van der Waals surface area contributed by atoms with Crippen LogP contribution in [-0.2, 0) is 9.59 Å². The van der Waals surface area contributed by atoms with Gasteiger partial charge in [0.1, 0.15) is 6.04 Å². The Morgan fingerprint density at radius 3 is 2.72 bits per heavy atom. The number of carboxylic acids is 1. The summed E-state index contributed by atoms with van der Waals surface area (Å²) < 4.78 is 0. The Morgan fingerprint density at radius 1 is 1.44 bits per heavy atom. The number of likely N-dealkylation sites (tertiary alicyclic amines) is 1. The monoisotopic (exact) mass is 256 g/mol. The summed E-state index contributed by atoms with van der Waals surface area (Å²) in [5.74, 6) is -1.19. The van der Waals surface area contributed by atoms with Crippen molar-refractivity contribution in [1.82, 2.24) is 10.2 Å². The van der Waals surface area contributed by atoms with E-state index in [1.165, 1.54) is 4.90 Å². The average Bonchev–Trinajstić information content (AvgIpc) is 2.71. The molecule has 2 heterocycles. The van der Waals surface area contributed by atoms with Crippen LogP contribution in [0.1, 0.15) is 26.2 Å². The van der Waals surface area contributed by atoms with E-state index in [0.29, 0.717) is 6.54 Å². The fourth-order valence-corrected chi connectivity index (χ4v) is 2.86. The summed E-state index contributed by atoms with van der Waals surface area (Å²) in [4.78, 5) is 25.0. The third-order valence-corrected chi connectivity index (χ3v) is 3.94. The zero-order valence-corrected chi connectivity index (χ0v) is 10.6. The van der Waals surface area contributed by atoms with E-state index in [-0.39, 0.29) is 18.9 Å². The first-order chi connectivity index (χ1) is 8.44. The molecule has 102 valence electrons. The van der Waals surface area contributed by atoms with Crippen LogP contribution in [-0.4, -0.2) is 58.8 Å². The number of carboxylic acid groups (broad SMARTS) is 1. The molecule has 6 nitrogen and oxygen atoms in total. The topological polar surface area (TPSA) is 89.9 Å². The summed E-state index contributed by atoms with van der Waals surface area (Å²) in [6.07, 6.45) is 1.08. The standard InChI is InChI=1S/C12H20N2O4/c1-12(3-2-4-13-7-12)11(18)14-6-8(15)5-9(14)10(16)17/h8-9,13,15H,2-7H2,1H3,(H,16,17)/t8-,9-,12?/m0/s1. The van der Waals surface area contributed by atoms with Crippen LogP contribution in [0, 0.1) is 5.41 Å². The van der Waals surface area contributed by atoms with Crippen LogP contribution in [0.25, 0.3) is 0 Å².